The molecule has 0 heterocycles. The molecule has 0 amide bonds. The highest BCUT2D eigenvalue weighted by atomic mass is 19.4. The van der Waals surface area contributed by atoms with Gasteiger partial charge in [0.2, 0.25) is 0 Å². The zero-order valence-electron chi connectivity index (χ0n) is 10.0. The third-order valence-electron chi connectivity index (χ3n) is 2.17. The number of ether oxygens (including phenoxy) is 2. The van der Waals surface area contributed by atoms with Crippen molar-refractivity contribution >= 4 is 0 Å². The normalized spacial score (nSPS) is 13.4. The van der Waals surface area contributed by atoms with E-state index < -0.39 is 12.8 Å². The van der Waals surface area contributed by atoms with E-state index in [4.69, 9.17) is 10.5 Å². The van der Waals surface area contributed by atoms with Crippen LogP contribution in [-0.2, 0) is 4.74 Å². The Balaban J connectivity index is 2.23. The van der Waals surface area contributed by atoms with Gasteiger partial charge in [0, 0.05) is 6.04 Å². The molecule has 0 fully saturated rings. The monoisotopic (exact) mass is 263 g/mol. The maximum absolute atomic E-state index is 11.7. The molecule has 0 unspecified atom stereocenters. The summed E-state index contributed by atoms with van der Waals surface area (Å²) in [6, 6.07) is 7.02. The number of benzene rings is 1. The van der Waals surface area contributed by atoms with Gasteiger partial charge >= 0.3 is 6.18 Å². The summed E-state index contributed by atoms with van der Waals surface area (Å²) in [6.07, 6.45) is -4.29. The number of hydrogen-bond acceptors (Lipinski definition) is 3. The van der Waals surface area contributed by atoms with Gasteiger partial charge in [-0.3, -0.25) is 0 Å². The van der Waals surface area contributed by atoms with E-state index >= 15 is 0 Å². The molecule has 1 atom stereocenters. The molecule has 1 aromatic carbocycles. The second kappa shape index (κ2) is 6.61. The molecule has 0 aliphatic heterocycles. The van der Waals surface area contributed by atoms with Crippen LogP contribution in [0.2, 0.25) is 0 Å². The van der Waals surface area contributed by atoms with Gasteiger partial charge in [0.25, 0.3) is 0 Å². The first-order chi connectivity index (χ1) is 8.38. The summed E-state index contributed by atoms with van der Waals surface area (Å²) in [5.74, 6) is 0.579. The Morgan fingerprint density at radius 2 is 1.78 bits per heavy atom. The second-order valence-corrected chi connectivity index (χ2v) is 3.87. The maximum atomic E-state index is 11.7. The minimum absolute atomic E-state index is 0.0610. The fourth-order valence-electron chi connectivity index (χ4n) is 1.27. The van der Waals surface area contributed by atoms with Crippen LogP contribution in [0.3, 0.4) is 0 Å². The number of alkyl halides is 3. The van der Waals surface area contributed by atoms with Crippen LogP contribution < -0.4 is 10.5 Å². The van der Waals surface area contributed by atoms with Gasteiger partial charge in [0.05, 0.1) is 6.61 Å². The van der Waals surface area contributed by atoms with E-state index in [2.05, 4.69) is 4.74 Å². The van der Waals surface area contributed by atoms with Crippen molar-refractivity contribution in [3.63, 3.8) is 0 Å². The van der Waals surface area contributed by atoms with E-state index in [0.29, 0.717) is 5.75 Å². The molecule has 2 N–H and O–H groups in total. The average molecular weight is 263 g/mol. The lowest BCUT2D eigenvalue weighted by atomic mass is 10.1. The Kier molecular flexibility index (Phi) is 5.43. The van der Waals surface area contributed by atoms with E-state index in [1.165, 1.54) is 0 Å². The Labute approximate surface area is 104 Å². The largest absolute Gasteiger partial charge is 0.491 e. The zero-order chi connectivity index (χ0) is 13.6. The summed E-state index contributed by atoms with van der Waals surface area (Å²) in [5.41, 5.74) is 6.65. The quantitative estimate of drug-likeness (QED) is 0.802. The first kappa shape index (κ1) is 14.8. The van der Waals surface area contributed by atoms with Gasteiger partial charge in [-0.2, -0.15) is 13.2 Å². The van der Waals surface area contributed by atoms with Crippen molar-refractivity contribution in [3.05, 3.63) is 29.8 Å². The lowest BCUT2D eigenvalue weighted by molar-refractivity contribution is -0.175. The highest BCUT2D eigenvalue weighted by Gasteiger charge is 2.27. The molecule has 0 saturated carbocycles. The van der Waals surface area contributed by atoms with Gasteiger partial charge in [-0.15, -0.1) is 0 Å². The summed E-state index contributed by atoms with van der Waals surface area (Å²) >= 11 is 0. The number of nitrogens with two attached hydrogens (primary N) is 1. The van der Waals surface area contributed by atoms with Crippen LogP contribution >= 0.6 is 0 Å². The van der Waals surface area contributed by atoms with Crippen molar-refractivity contribution in [1.29, 1.82) is 0 Å². The summed E-state index contributed by atoms with van der Waals surface area (Å²) in [4.78, 5) is 0. The molecule has 0 aliphatic carbocycles. The molecule has 0 bridgehead atoms. The fourth-order valence-corrected chi connectivity index (χ4v) is 1.27. The van der Waals surface area contributed by atoms with Gasteiger partial charge in [-0.05, 0) is 24.6 Å². The molecule has 0 aromatic heterocycles. The molecule has 0 saturated heterocycles. The highest BCUT2D eigenvalue weighted by molar-refractivity contribution is 5.28. The molecule has 6 heteroatoms. The van der Waals surface area contributed by atoms with Crippen molar-refractivity contribution in [2.75, 3.05) is 19.8 Å². The van der Waals surface area contributed by atoms with Crippen LogP contribution in [0.4, 0.5) is 13.2 Å². The van der Waals surface area contributed by atoms with Gasteiger partial charge in [0.1, 0.15) is 19.0 Å². The van der Waals surface area contributed by atoms with E-state index in [1.54, 1.807) is 12.1 Å². The molecular formula is C12H16F3NO2. The summed E-state index contributed by atoms with van der Waals surface area (Å²) in [7, 11) is 0. The molecule has 0 spiro atoms. The summed E-state index contributed by atoms with van der Waals surface area (Å²) in [6.45, 7) is 0.586. The molecule has 0 radical (unpaired) electrons. The van der Waals surface area contributed by atoms with Crippen molar-refractivity contribution < 1.29 is 22.6 Å². The number of rotatable bonds is 6. The highest BCUT2D eigenvalue weighted by Crippen LogP contribution is 2.16. The minimum Gasteiger partial charge on any atom is -0.491 e. The van der Waals surface area contributed by atoms with Gasteiger partial charge in [-0.1, -0.05) is 12.1 Å². The third kappa shape index (κ3) is 5.88. The van der Waals surface area contributed by atoms with Crippen molar-refractivity contribution in [2.24, 2.45) is 5.73 Å². The predicted octanol–water partition coefficient (Wildman–Crippen LogP) is 2.66. The molecule has 0 aliphatic rings. The summed E-state index contributed by atoms with van der Waals surface area (Å²) < 4.78 is 44.9. The van der Waals surface area contributed by atoms with Crippen molar-refractivity contribution in [1.82, 2.24) is 0 Å². The topological polar surface area (TPSA) is 44.5 Å². The first-order valence-corrected chi connectivity index (χ1v) is 5.51. The predicted molar refractivity (Wildman–Crippen MR) is 61.4 cm³/mol. The van der Waals surface area contributed by atoms with Crippen molar-refractivity contribution in [2.45, 2.75) is 19.1 Å². The van der Waals surface area contributed by atoms with Gasteiger partial charge in [0.15, 0.2) is 0 Å². The fraction of sp³-hybridized carbons (Fsp3) is 0.500. The van der Waals surface area contributed by atoms with E-state index in [9.17, 15) is 13.2 Å². The zero-order valence-corrected chi connectivity index (χ0v) is 10.0. The van der Waals surface area contributed by atoms with Crippen LogP contribution in [0.15, 0.2) is 24.3 Å². The van der Waals surface area contributed by atoms with Crippen LogP contribution in [-0.4, -0.2) is 26.0 Å². The van der Waals surface area contributed by atoms with Crippen LogP contribution in [0, 0.1) is 0 Å². The Morgan fingerprint density at radius 1 is 1.17 bits per heavy atom. The molecule has 1 aromatic rings. The first-order valence-electron chi connectivity index (χ1n) is 5.51. The smallest absolute Gasteiger partial charge is 0.411 e. The van der Waals surface area contributed by atoms with E-state index in [1.807, 2.05) is 19.1 Å². The number of hydrogen-bond donors (Lipinski definition) is 1. The number of halogens is 3. The molecular weight excluding hydrogens is 247 g/mol. The Hall–Kier alpha value is -1.27. The minimum atomic E-state index is -4.29. The average Bonchev–Trinajstić information content (AvgIpc) is 2.27. The molecule has 18 heavy (non-hydrogen) atoms. The van der Waals surface area contributed by atoms with Crippen LogP contribution in [0.1, 0.15) is 18.5 Å². The Morgan fingerprint density at radius 3 is 2.28 bits per heavy atom. The lowest BCUT2D eigenvalue weighted by Crippen LogP contribution is -2.19. The van der Waals surface area contributed by atoms with E-state index in [0.717, 1.165) is 5.56 Å². The second-order valence-electron chi connectivity index (χ2n) is 3.87. The SMILES string of the molecule is C[C@H](N)c1ccc(OCCOCC(F)(F)F)cc1. The molecule has 102 valence electrons. The Bertz CT molecular complexity index is 349. The van der Waals surface area contributed by atoms with Crippen LogP contribution in [0.25, 0.3) is 0 Å². The van der Waals surface area contributed by atoms with Gasteiger partial charge in [-0.25, -0.2) is 0 Å². The van der Waals surface area contributed by atoms with E-state index in [-0.39, 0.29) is 19.3 Å². The molecule has 3 nitrogen and oxygen atoms in total. The van der Waals surface area contributed by atoms with Crippen LogP contribution in [0.5, 0.6) is 5.75 Å². The third-order valence-corrected chi connectivity index (χ3v) is 2.17. The maximum Gasteiger partial charge on any atom is 0.411 e. The van der Waals surface area contributed by atoms with Crippen molar-refractivity contribution in [3.8, 4) is 5.75 Å². The summed E-state index contributed by atoms with van der Waals surface area (Å²) in [5, 5.41) is 0. The van der Waals surface area contributed by atoms with Gasteiger partial charge < -0.3 is 15.2 Å². The molecule has 1 rings (SSSR count). The standard InChI is InChI=1S/C12H16F3NO2/c1-9(16)10-2-4-11(5-3-10)18-7-6-17-8-12(13,14)15/h2-5,9H,6-8,16H2,1H3/t9-/m0/s1. The lowest BCUT2D eigenvalue weighted by Gasteiger charge is -2.10.